The van der Waals surface area contributed by atoms with Gasteiger partial charge >= 0.3 is 0 Å². The van der Waals surface area contributed by atoms with E-state index in [4.69, 9.17) is 17.3 Å². The lowest BCUT2D eigenvalue weighted by molar-refractivity contribution is 0.233. The molecule has 0 bridgehead atoms. The van der Waals surface area contributed by atoms with E-state index in [-0.39, 0.29) is 5.02 Å². The van der Waals surface area contributed by atoms with Crippen molar-refractivity contribution in [3.05, 3.63) is 23.0 Å². The molecule has 1 saturated carbocycles. The first-order chi connectivity index (χ1) is 8.50. The Hall–Kier alpha value is -0.960. The smallest absolute Gasteiger partial charge is 0.143 e. The Bertz CT molecular complexity index is 428. The first-order valence-electron chi connectivity index (χ1n) is 6.49. The summed E-state index contributed by atoms with van der Waals surface area (Å²) in [6.07, 6.45) is 6.32. The number of halogens is 2. The number of hydrogen-bond acceptors (Lipinski definition) is 2. The summed E-state index contributed by atoms with van der Waals surface area (Å²) >= 11 is 5.68. The van der Waals surface area contributed by atoms with Crippen molar-refractivity contribution in [2.45, 2.75) is 39.0 Å². The molecule has 100 valence electrons. The molecule has 0 heterocycles. The van der Waals surface area contributed by atoms with Crippen LogP contribution in [-0.4, -0.2) is 6.54 Å². The van der Waals surface area contributed by atoms with Crippen LogP contribution in [0.5, 0.6) is 0 Å². The van der Waals surface area contributed by atoms with Gasteiger partial charge in [-0.3, -0.25) is 0 Å². The molecule has 0 aromatic heterocycles. The summed E-state index contributed by atoms with van der Waals surface area (Å²) in [4.78, 5) is 0. The van der Waals surface area contributed by atoms with Gasteiger partial charge < -0.3 is 11.1 Å². The fourth-order valence-corrected chi connectivity index (χ4v) is 2.78. The Morgan fingerprint density at radius 2 is 2.00 bits per heavy atom. The van der Waals surface area contributed by atoms with E-state index in [1.54, 1.807) is 0 Å². The number of nitrogen functional groups attached to an aromatic ring is 1. The third-order valence-electron chi connectivity index (χ3n) is 3.86. The molecule has 2 rings (SSSR count). The van der Waals surface area contributed by atoms with Gasteiger partial charge in [-0.25, -0.2) is 4.39 Å². The molecule has 0 spiro atoms. The average molecular weight is 271 g/mol. The van der Waals surface area contributed by atoms with Gasteiger partial charge in [-0.15, -0.1) is 0 Å². The van der Waals surface area contributed by atoms with Crippen LogP contribution in [0.3, 0.4) is 0 Å². The molecule has 1 fully saturated rings. The van der Waals surface area contributed by atoms with Crippen LogP contribution in [0.1, 0.15) is 39.0 Å². The van der Waals surface area contributed by atoms with E-state index < -0.39 is 5.82 Å². The predicted octanol–water partition coefficient (Wildman–Crippen LogP) is 4.44. The third kappa shape index (κ3) is 3.08. The van der Waals surface area contributed by atoms with E-state index in [0.717, 1.165) is 6.54 Å². The van der Waals surface area contributed by atoms with Crippen molar-refractivity contribution in [1.29, 1.82) is 0 Å². The molecule has 0 aliphatic heterocycles. The lowest BCUT2D eigenvalue weighted by Crippen LogP contribution is -2.29. The van der Waals surface area contributed by atoms with E-state index in [2.05, 4.69) is 12.2 Å². The predicted molar refractivity (Wildman–Crippen MR) is 75.5 cm³/mol. The fourth-order valence-electron chi connectivity index (χ4n) is 2.61. The zero-order valence-corrected chi connectivity index (χ0v) is 11.5. The molecular weight excluding hydrogens is 251 g/mol. The van der Waals surface area contributed by atoms with Gasteiger partial charge in [0, 0.05) is 12.6 Å². The van der Waals surface area contributed by atoms with Crippen LogP contribution < -0.4 is 11.1 Å². The molecule has 1 aromatic carbocycles. The monoisotopic (exact) mass is 270 g/mol. The molecule has 0 atom stereocenters. The van der Waals surface area contributed by atoms with Crippen molar-refractivity contribution >= 4 is 23.0 Å². The van der Waals surface area contributed by atoms with Crippen LogP contribution >= 0.6 is 11.6 Å². The first-order valence-corrected chi connectivity index (χ1v) is 6.86. The number of benzene rings is 1. The average Bonchev–Trinajstić information content (AvgIpc) is 2.33. The van der Waals surface area contributed by atoms with Crippen molar-refractivity contribution in [2.24, 2.45) is 5.41 Å². The Morgan fingerprint density at radius 3 is 2.67 bits per heavy atom. The highest BCUT2D eigenvalue weighted by Gasteiger charge is 2.26. The van der Waals surface area contributed by atoms with Crippen LogP contribution in [-0.2, 0) is 0 Å². The van der Waals surface area contributed by atoms with Gasteiger partial charge in [0.15, 0.2) is 0 Å². The Kier molecular flexibility index (Phi) is 4.00. The Morgan fingerprint density at radius 1 is 1.33 bits per heavy atom. The van der Waals surface area contributed by atoms with Gasteiger partial charge in [0.25, 0.3) is 0 Å². The minimum Gasteiger partial charge on any atom is -0.397 e. The lowest BCUT2D eigenvalue weighted by atomic mass is 9.76. The molecule has 0 amide bonds. The zero-order chi connectivity index (χ0) is 13.2. The van der Waals surface area contributed by atoms with E-state index in [1.807, 2.05) is 0 Å². The second-order valence-corrected chi connectivity index (χ2v) is 5.99. The molecule has 0 radical (unpaired) electrons. The Labute approximate surface area is 113 Å². The molecule has 1 aliphatic carbocycles. The standard InChI is InChI=1S/C14H20ClFN2/c1-14(5-3-2-4-6-14)9-18-13-8-11(16)10(15)7-12(13)17/h7-8,18H,2-6,9,17H2,1H3. The topological polar surface area (TPSA) is 38.0 Å². The van der Waals surface area contributed by atoms with Crippen LogP contribution in [0.15, 0.2) is 12.1 Å². The van der Waals surface area contributed by atoms with Crippen LogP contribution in [0.25, 0.3) is 0 Å². The Balaban J connectivity index is 2.03. The molecule has 3 N–H and O–H groups in total. The van der Waals surface area contributed by atoms with E-state index in [1.165, 1.54) is 44.2 Å². The van der Waals surface area contributed by atoms with Crippen LogP contribution in [0, 0.1) is 11.2 Å². The second kappa shape index (κ2) is 5.35. The number of rotatable bonds is 3. The maximum atomic E-state index is 13.4. The molecular formula is C14H20ClFN2. The summed E-state index contributed by atoms with van der Waals surface area (Å²) in [7, 11) is 0. The normalized spacial score (nSPS) is 18.6. The van der Waals surface area contributed by atoms with Gasteiger partial charge in [-0.05, 0) is 24.3 Å². The molecule has 2 nitrogen and oxygen atoms in total. The van der Waals surface area contributed by atoms with Gasteiger partial charge in [-0.2, -0.15) is 0 Å². The van der Waals surface area contributed by atoms with E-state index >= 15 is 0 Å². The summed E-state index contributed by atoms with van der Waals surface area (Å²) in [6.45, 7) is 3.11. The highest BCUT2D eigenvalue weighted by atomic mass is 35.5. The van der Waals surface area contributed by atoms with Crippen LogP contribution in [0.4, 0.5) is 15.8 Å². The van der Waals surface area contributed by atoms with Crippen LogP contribution in [0.2, 0.25) is 5.02 Å². The van der Waals surface area contributed by atoms with Gasteiger partial charge in [-0.1, -0.05) is 37.8 Å². The minimum absolute atomic E-state index is 0.0712. The third-order valence-corrected chi connectivity index (χ3v) is 4.15. The maximum absolute atomic E-state index is 13.4. The number of anilines is 2. The molecule has 1 aromatic rings. The molecule has 4 heteroatoms. The SMILES string of the molecule is CC1(CNc2cc(F)c(Cl)cc2N)CCCCC1. The zero-order valence-electron chi connectivity index (χ0n) is 10.7. The molecule has 0 saturated heterocycles. The molecule has 0 unspecified atom stereocenters. The largest absolute Gasteiger partial charge is 0.397 e. The summed E-state index contributed by atoms with van der Waals surface area (Å²) < 4.78 is 13.4. The second-order valence-electron chi connectivity index (χ2n) is 5.58. The van der Waals surface area contributed by atoms with Gasteiger partial charge in [0.2, 0.25) is 0 Å². The number of nitrogens with two attached hydrogens (primary N) is 1. The summed E-state index contributed by atoms with van der Waals surface area (Å²) in [5.41, 5.74) is 7.27. The van der Waals surface area contributed by atoms with Gasteiger partial charge in [0.1, 0.15) is 5.82 Å². The van der Waals surface area contributed by atoms with E-state index in [0.29, 0.717) is 16.8 Å². The lowest BCUT2D eigenvalue weighted by Gasteiger charge is -2.34. The number of nitrogens with one attached hydrogen (secondary N) is 1. The highest BCUT2D eigenvalue weighted by Crippen LogP contribution is 2.36. The minimum atomic E-state index is -0.429. The highest BCUT2D eigenvalue weighted by molar-refractivity contribution is 6.31. The summed E-state index contributed by atoms with van der Waals surface area (Å²) in [5.74, 6) is -0.429. The molecule has 1 aliphatic rings. The summed E-state index contributed by atoms with van der Waals surface area (Å²) in [6, 6.07) is 2.84. The van der Waals surface area contributed by atoms with Crippen molar-refractivity contribution in [2.75, 3.05) is 17.6 Å². The van der Waals surface area contributed by atoms with Crippen molar-refractivity contribution in [1.82, 2.24) is 0 Å². The fraction of sp³-hybridized carbons (Fsp3) is 0.571. The van der Waals surface area contributed by atoms with Crippen molar-refractivity contribution in [3.8, 4) is 0 Å². The van der Waals surface area contributed by atoms with Gasteiger partial charge in [0.05, 0.1) is 16.4 Å². The maximum Gasteiger partial charge on any atom is 0.143 e. The molecule has 18 heavy (non-hydrogen) atoms. The summed E-state index contributed by atoms with van der Waals surface area (Å²) in [5, 5.41) is 3.34. The van der Waals surface area contributed by atoms with E-state index in [9.17, 15) is 4.39 Å². The first kappa shape index (κ1) is 13.5. The quantitative estimate of drug-likeness (QED) is 0.797. The van der Waals surface area contributed by atoms with Crippen molar-refractivity contribution < 1.29 is 4.39 Å². The number of hydrogen-bond donors (Lipinski definition) is 2. The van der Waals surface area contributed by atoms with Crippen molar-refractivity contribution in [3.63, 3.8) is 0 Å².